The SMILES string of the molecule is Nc1nc2cc(F)c(Cl)cc2n1-c1cccc(F)c1F. The molecule has 0 aliphatic heterocycles. The highest BCUT2D eigenvalue weighted by Crippen LogP contribution is 2.29. The van der Waals surface area contributed by atoms with Gasteiger partial charge in [0.25, 0.3) is 0 Å². The van der Waals surface area contributed by atoms with Gasteiger partial charge in [-0.1, -0.05) is 17.7 Å². The number of imidazole rings is 1. The first-order valence-electron chi connectivity index (χ1n) is 5.56. The molecule has 3 aromatic rings. The monoisotopic (exact) mass is 297 g/mol. The minimum Gasteiger partial charge on any atom is -0.369 e. The number of anilines is 1. The van der Waals surface area contributed by atoms with E-state index in [1.54, 1.807) is 0 Å². The van der Waals surface area contributed by atoms with Gasteiger partial charge in [-0.2, -0.15) is 0 Å². The standard InChI is InChI=1S/C13H7ClF3N3/c14-6-4-11-9(5-8(6)16)19-13(18)20(11)10-3-1-2-7(15)12(10)17/h1-5H,(H2,18,19). The van der Waals surface area contributed by atoms with Gasteiger partial charge < -0.3 is 5.73 Å². The first kappa shape index (κ1) is 12.8. The molecule has 1 aromatic heterocycles. The first-order chi connectivity index (χ1) is 9.49. The maximum atomic E-state index is 13.9. The Morgan fingerprint density at radius 2 is 1.85 bits per heavy atom. The Hall–Kier alpha value is -2.21. The van der Waals surface area contributed by atoms with E-state index in [0.29, 0.717) is 5.52 Å². The number of nitrogens with two attached hydrogens (primary N) is 1. The average Bonchev–Trinajstić information content (AvgIpc) is 2.69. The summed E-state index contributed by atoms with van der Waals surface area (Å²) < 4.78 is 41.7. The van der Waals surface area contributed by atoms with Crippen LogP contribution in [0.5, 0.6) is 0 Å². The highest BCUT2D eigenvalue weighted by Gasteiger charge is 2.17. The van der Waals surface area contributed by atoms with Crippen molar-refractivity contribution in [2.45, 2.75) is 0 Å². The summed E-state index contributed by atoms with van der Waals surface area (Å²) in [4.78, 5) is 3.92. The molecule has 7 heteroatoms. The normalized spacial score (nSPS) is 11.2. The highest BCUT2D eigenvalue weighted by molar-refractivity contribution is 6.31. The molecular formula is C13H7ClF3N3. The Kier molecular flexibility index (Phi) is 2.83. The molecule has 1 heterocycles. The number of hydrogen-bond acceptors (Lipinski definition) is 2. The molecule has 0 fully saturated rings. The van der Waals surface area contributed by atoms with Crippen LogP contribution < -0.4 is 5.73 Å². The summed E-state index contributed by atoms with van der Waals surface area (Å²) in [5.41, 5.74) is 6.08. The lowest BCUT2D eigenvalue weighted by molar-refractivity contribution is 0.505. The molecule has 3 nitrogen and oxygen atoms in total. The molecule has 0 radical (unpaired) electrons. The van der Waals surface area contributed by atoms with Crippen molar-refractivity contribution in [3.05, 3.63) is 52.8 Å². The van der Waals surface area contributed by atoms with E-state index in [1.165, 1.54) is 22.8 Å². The summed E-state index contributed by atoms with van der Waals surface area (Å²) in [6.45, 7) is 0. The van der Waals surface area contributed by atoms with E-state index >= 15 is 0 Å². The largest absolute Gasteiger partial charge is 0.369 e. The number of halogens is 4. The van der Waals surface area contributed by atoms with Gasteiger partial charge in [-0.15, -0.1) is 0 Å². The van der Waals surface area contributed by atoms with Crippen molar-refractivity contribution < 1.29 is 13.2 Å². The molecule has 0 bridgehead atoms. The molecule has 3 rings (SSSR count). The zero-order valence-electron chi connectivity index (χ0n) is 9.87. The van der Waals surface area contributed by atoms with Crippen molar-refractivity contribution in [1.29, 1.82) is 0 Å². The summed E-state index contributed by atoms with van der Waals surface area (Å²) in [7, 11) is 0. The van der Waals surface area contributed by atoms with Crippen LogP contribution in [0.3, 0.4) is 0 Å². The topological polar surface area (TPSA) is 43.8 Å². The zero-order valence-corrected chi connectivity index (χ0v) is 10.6. The molecule has 0 saturated carbocycles. The van der Waals surface area contributed by atoms with Gasteiger partial charge in [0.2, 0.25) is 5.95 Å². The second-order valence-corrected chi connectivity index (χ2v) is 4.54. The lowest BCUT2D eigenvalue weighted by Crippen LogP contribution is -2.04. The van der Waals surface area contributed by atoms with Crippen molar-refractivity contribution in [2.24, 2.45) is 0 Å². The fourth-order valence-electron chi connectivity index (χ4n) is 2.01. The van der Waals surface area contributed by atoms with Gasteiger partial charge in [0.1, 0.15) is 5.82 Å². The number of fused-ring (bicyclic) bond motifs is 1. The van der Waals surface area contributed by atoms with Crippen LogP contribution in [-0.4, -0.2) is 9.55 Å². The van der Waals surface area contributed by atoms with Gasteiger partial charge in [-0.05, 0) is 18.2 Å². The Morgan fingerprint density at radius 1 is 1.10 bits per heavy atom. The van der Waals surface area contributed by atoms with E-state index in [2.05, 4.69) is 4.98 Å². The lowest BCUT2D eigenvalue weighted by atomic mass is 10.2. The van der Waals surface area contributed by atoms with Gasteiger partial charge >= 0.3 is 0 Å². The first-order valence-corrected chi connectivity index (χ1v) is 5.94. The third kappa shape index (κ3) is 1.80. The molecule has 0 aliphatic carbocycles. The van der Waals surface area contributed by atoms with Crippen LogP contribution >= 0.6 is 11.6 Å². The minimum atomic E-state index is -1.07. The van der Waals surface area contributed by atoms with E-state index in [9.17, 15) is 13.2 Å². The fourth-order valence-corrected chi connectivity index (χ4v) is 2.17. The molecule has 2 N–H and O–H groups in total. The van der Waals surface area contributed by atoms with Crippen molar-refractivity contribution in [1.82, 2.24) is 9.55 Å². The van der Waals surface area contributed by atoms with Crippen LogP contribution in [0.4, 0.5) is 19.1 Å². The molecule has 0 unspecified atom stereocenters. The van der Waals surface area contributed by atoms with Crippen molar-refractivity contribution in [2.75, 3.05) is 5.73 Å². The number of rotatable bonds is 1. The Labute approximate surface area is 116 Å². The van der Waals surface area contributed by atoms with Gasteiger partial charge in [0.15, 0.2) is 11.6 Å². The third-order valence-electron chi connectivity index (χ3n) is 2.89. The lowest BCUT2D eigenvalue weighted by Gasteiger charge is -2.08. The van der Waals surface area contributed by atoms with Gasteiger partial charge in [-0.25, -0.2) is 18.2 Å². The molecule has 0 amide bonds. The van der Waals surface area contributed by atoms with Crippen LogP contribution in [-0.2, 0) is 0 Å². The highest BCUT2D eigenvalue weighted by atomic mass is 35.5. The van der Waals surface area contributed by atoms with Crippen molar-refractivity contribution in [3.8, 4) is 5.69 Å². The third-order valence-corrected chi connectivity index (χ3v) is 3.18. The summed E-state index contributed by atoms with van der Waals surface area (Å²) in [6.07, 6.45) is 0. The number of nitrogens with zero attached hydrogens (tertiary/aromatic N) is 2. The summed E-state index contributed by atoms with van der Waals surface area (Å²) >= 11 is 5.70. The maximum Gasteiger partial charge on any atom is 0.206 e. The quantitative estimate of drug-likeness (QED) is 0.744. The summed E-state index contributed by atoms with van der Waals surface area (Å²) in [5.74, 6) is -2.84. The Morgan fingerprint density at radius 3 is 2.60 bits per heavy atom. The maximum absolute atomic E-state index is 13.9. The molecule has 0 atom stereocenters. The molecule has 20 heavy (non-hydrogen) atoms. The van der Waals surface area contributed by atoms with E-state index in [4.69, 9.17) is 17.3 Å². The minimum absolute atomic E-state index is 0.0915. The molecule has 102 valence electrons. The fraction of sp³-hybridized carbons (Fsp3) is 0. The summed E-state index contributed by atoms with van der Waals surface area (Å²) in [6, 6.07) is 6.01. The summed E-state index contributed by atoms with van der Waals surface area (Å²) in [5, 5.41) is -0.157. The van der Waals surface area contributed by atoms with Crippen molar-refractivity contribution >= 4 is 28.6 Å². The van der Waals surface area contributed by atoms with Crippen LogP contribution in [0, 0.1) is 17.5 Å². The van der Waals surface area contributed by atoms with E-state index < -0.39 is 17.5 Å². The van der Waals surface area contributed by atoms with E-state index in [-0.39, 0.29) is 22.2 Å². The van der Waals surface area contributed by atoms with E-state index in [1.807, 2.05) is 0 Å². The predicted octanol–water partition coefficient (Wildman–Crippen LogP) is 3.68. The molecule has 0 saturated heterocycles. The van der Waals surface area contributed by atoms with Gasteiger partial charge in [0.05, 0.1) is 21.7 Å². The molecule has 0 spiro atoms. The van der Waals surface area contributed by atoms with Crippen LogP contribution in [0.1, 0.15) is 0 Å². The smallest absolute Gasteiger partial charge is 0.206 e. The Bertz CT molecular complexity index is 829. The molecule has 2 aromatic carbocycles. The average molecular weight is 298 g/mol. The molecule has 0 aliphatic rings. The number of benzene rings is 2. The van der Waals surface area contributed by atoms with Crippen LogP contribution in [0.25, 0.3) is 16.7 Å². The number of nitrogen functional groups attached to an aromatic ring is 1. The second kappa shape index (κ2) is 4.42. The molecular weight excluding hydrogens is 291 g/mol. The second-order valence-electron chi connectivity index (χ2n) is 4.13. The Balaban J connectivity index is 2.39. The predicted molar refractivity (Wildman–Crippen MR) is 70.4 cm³/mol. The van der Waals surface area contributed by atoms with Crippen LogP contribution in [0.2, 0.25) is 5.02 Å². The zero-order chi connectivity index (χ0) is 14.4. The van der Waals surface area contributed by atoms with Gasteiger partial charge in [0, 0.05) is 6.07 Å². The van der Waals surface area contributed by atoms with E-state index in [0.717, 1.165) is 12.1 Å². The number of aromatic nitrogens is 2. The van der Waals surface area contributed by atoms with Crippen LogP contribution in [0.15, 0.2) is 30.3 Å². The van der Waals surface area contributed by atoms with Crippen molar-refractivity contribution in [3.63, 3.8) is 0 Å². The van der Waals surface area contributed by atoms with Gasteiger partial charge in [-0.3, -0.25) is 4.57 Å². The number of hydrogen-bond donors (Lipinski definition) is 1.